The first-order valence-corrected chi connectivity index (χ1v) is 11.9. The molecule has 0 radical (unpaired) electrons. The minimum absolute atomic E-state index is 0.0632. The Hall–Kier alpha value is -3.65. The standard InChI is InChI=1S/C25H24N4O3S/c1-4-27-19-12-11-16(24(31)32-6-3)15-20(19)28(5-2)22(27)14-13-21-23(30)29-18-10-8-7-9-17(18)26-25(29)33-21/h7-15H,4-6H2,1-3H3/b21-13-,22-14-. The lowest BCUT2D eigenvalue weighted by molar-refractivity contribution is 0.0526. The lowest BCUT2D eigenvalue weighted by Crippen LogP contribution is -2.28. The number of hydrogen-bond donors (Lipinski definition) is 0. The Balaban J connectivity index is 1.60. The lowest BCUT2D eigenvalue weighted by atomic mass is 10.1. The third-order valence-electron chi connectivity index (χ3n) is 5.78. The molecule has 33 heavy (non-hydrogen) atoms. The number of benzene rings is 2. The van der Waals surface area contributed by atoms with Crippen LogP contribution in [0.3, 0.4) is 0 Å². The summed E-state index contributed by atoms with van der Waals surface area (Å²) in [4.78, 5) is 35.0. The number of imidazole rings is 1. The van der Waals surface area contributed by atoms with E-state index >= 15 is 0 Å². The molecule has 3 heterocycles. The highest BCUT2D eigenvalue weighted by atomic mass is 32.1. The van der Waals surface area contributed by atoms with Crippen LogP contribution in [0.5, 0.6) is 0 Å². The number of carbonyl (C=O) groups is 1. The quantitative estimate of drug-likeness (QED) is 0.422. The highest BCUT2D eigenvalue weighted by molar-refractivity contribution is 7.15. The summed E-state index contributed by atoms with van der Waals surface area (Å²) in [5.74, 6) is 0.639. The van der Waals surface area contributed by atoms with Crippen LogP contribution in [0.25, 0.3) is 22.1 Å². The highest BCUT2D eigenvalue weighted by Gasteiger charge is 2.30. The van der Waals surface area contributed by atoms with Crippen molar-refractivity contribution in [2.24, 2.45) is 0 Å². The third-order valence-corrected chi connectivity index (χ3v) is 6.77. The van der Waals surface area contributed by atoms with Crippen LogP contribution in [0.15, 0.2) is 59.2 Å². The van der Waals surface area contributed by atoms with Crippen LogP contribution in [0.4, 0.5) is 11.4 Å². The van der Waals surface area contributed by atoms with Gasteiger partial charge in [-0.1, -0.05) is 23.5 Å². The second kappa shape index (κ2) is 8.37. The van der Waals surface area contributed by atoms with E-state index in [9.17, 15) is 9.59 Å². The lowest BCUT2D eigenvalue weighted by Gasteiger charge is -2.23. The largest absolute Gasteiger partial charge is 0.462 e. The smallest absolute Gasteiger partial charge is 0.338 e. The molecule has 1 aliphatic rings. The van der Waals surface area contributed by atoms with Crippen LogP contribution in [-0.4, -0.2) is 35.1 Å². The van der Waals surface area contributed by atoms with Crippen LogP contribution < -0.4 is 19.9 Å². The molecule has 2 aromatic carbocycles. The molecule has 0 N–H and O–H groups in total. The van der Waals surface area contributed by atoms with E-state index in [0.29, 0.717) is 21.7 Å². The Morgan fingerprint density at radius 1 is 1.03 bits per heavy atom. The summed E-state index contributed by atoms with van der Waals surface area (Å²) in [7, 11) is 0. The van der Waals surface area contributed by atoms with Crippen LogP contribution in [0.2, 0.25) is 0 Å². The van der Waals surface area contributed by atoms with Crippen molar-refractivity contribution in [3.05, 3.63) is 74.8 Å². The Labute approximate surface area is 194 Å². The zero-order valence-corrected chi connectivity index (χ0v) is 19.6. The Morgan fingerprint density at radius 3 is 2.55 bits per heavy atom. The topological polar surface area (TPSA) is 67.2 Å². The van der Waals surface area contributed by atoms with Crippen LogP contribution in [0, 0.1) is 0 Å². The number of aromatic nitrogens is 2. The van der Waals surface area contributed by atoms with Gasteiger partial charge in [0.15, 0.2) is 4.96 Å². The maximum absolute atomic E-state index is 13.1. The number of para-hydroxylation sites is 2. The van der Waals surface area contributed by atoms with Gasteiger partial charge in [-0.25, -0.2) is 14.2 Å². The average Bonchev–Trinajstić information content (AvgIpc) is 3.44. The van der Waals surface area contributed by atoms with E-state index in [0.717, 1.165) is 41.3 Å². The number of rotatable bonds is 5. The van der Waals surface area contributed by atoms with Crippen molar-refractivity contribution in [2.75, 3.05) is 29.5 Å². The molecule has 168 valence electrons. The normalized spacial score (nSPS) is 15.2. The van der Waals surface area contributed by atoms with E-state index in [-0.39, 0.29) is 11.5 Å². The molecule has 0 unspecified atom stereocenters. The van der Waals surface area contributed by atoms with Crippen molar-refractivity contribution in [2.45, 2.75) is 20.8 Å². The van der Waals surface area contributed by atoms with Gasteiger partial charge in [-0.2, -0.15) is 0 Å². The summed E-state index contributed by atoms with van der Waals surface area (Å²) in [5.41, 5.74) is 4.10. The number of allylic oxidation sites excluding steroid dienone is 1. The molecule has 0 bridgehead atoms. The number of nitrogens with zero attached hydrogens (tertiary/aromatic N) is 4. The zero-order chi connectivity index (χ0) is 23.1. The predicted octanol–water partition coefficient (Wildman–Crippen LogP) is 3.79. The maximum atomic E-state index is 13.1. The van der Waals surface area contributed by atoms with Crippen LogP contribution in [0.1, 0.15) is 31.1 Å². The van der Waals surface area contributed by atoms with Crippen molar-refractivity contribution < 1.29 is 9.53 Å². The van der Waals surface area contributed by atoms with Gasteiger partial charge in [-0.15, -0.1) is 0 Å². The van der Waals surface area contributed by atoms with Gasteiger partial charge in [-0.3, -0.25) is 4.79 Å². The second-order valence-corrected chi connectivity index (χ2v) is 8.60. The summed E-state index contributed by atoms with van der Waals surface area (Å²) >= 11 is 1.39. The molecular formula is C25H24N4O3S. The van der Waals surface area contributed by atoms with Gasteiger partial charge in [0, 0.05) is 13.1 Å². The van der Waals surface area contributed by atoms with Gasteiger partial charge < -0.3 is 14.5 Å². The van der Waals surface area contributed by atoms with E-state index < -0.39 is 0 Å². The molecule has 0 atom stereocenters. The van der Waals surface area contributed by atoms with Crippen molar-refractivity contribution in [1.29, 1.82) is 0 Å². The fraction of sp³-hybridized carbons (Fsp3) is 0.240. The minimum Gasteiger partial charge on any atom is -0.462 e. The number of anilines is 2. The molecule has 0 fully saturated rings. The monoisotopic (exact) mass is 460 g/mol. The Morgan fingerprint density at radius 2 is 1.79 bits per heavy atom. The predicted molar refractivity (Wildman–Crippen MR) is 133 cm³/mol. The maximum Gasteiger partial charge on any atom is 0.338 e. The van der Waals surface area contributed by atoms with Gasteiger partial charge in [0.05, 0.1) is 39.1 Å². The second-order valence-electron chi connectivity index (χ2n) is 7.59. The summed E-state index contributed by atoms with van der Waals surface area (Å²) in [6, 6.07) is 13.3. The summed E-state index contributed by atoms with van der Waals surface area (Å²) in [5, 5.41) is 0. The van der Waals surface area contributed by atoms with E-state index in [1.807, 2.05) is 48.6 Å². The van der Waals surface area contributed by atoms with Crippen molar-refractivity contribution >= 4 is 50.8 Å². The van der Waals surface area contributed by atoms with Crippen molar-refractivity contribution in [3.8, 4) is 0 Å². The molecule has 1 aliphatic heterocycles. The van der Waals surface area contributed by atoms with Crippen LogP contribution >= 0.6 is 11.3 Å². The number of esters is 1. The first-order chi connectivity index (χ1) is 16.1. The van der Waals surface area contributed by atoms with Gasteiger partial charge in [0.1, 0.15) is 5.82 Å². The van der Waals surface area contributed by atoms with E-state index in [1.54, 1.807) is 17.4 Å². The fourth-order valence-corrected chi connectivity index (χ4v) is 5.25. The molecule has 0 saturated heterocycles. The average molecular weight is 461 g/mol. The molecule has 4 aromatic rings. The third kappa shape index (κ3) is 3.38. The van der Waals surface area contributed by atoms with Crippen LogP contribution in [-0.2, 0) is 4.74 Å². The van der Waals surface area contributed by atoms with Crippen molar-refractivity contribution in [1.82, 2.24) is 9.38 Å². The summed E-state index contributed by atoms with van der Waals surface area (Å²) in [6.45, 7) is 7.76. The first-order valence-electron chi connectivity index (χ1n) is 11.1. The SMILES string of the molecule is CCOC(=O)c1ccc2c(c1)N(CC)/C(=C\C=c1/sc3nc4ccccc4n3c1=O)N2CC. The minimum atomic E-state index is -0.325. The van der Waals surface area contributed by atoms with Gasteiger partial charge in [0.2, 0.25) is 0 Å². The Kier molecular flexibility index (Phi) is 5.38. The van der Waals surface area contributed by atoms with Crippen molar-refractivity contribution in [3.63, 3.8) is 0 Å². The molecule has 8 heteroatoms. The number of ether oxygens (including phenoxy) is 1. The van der Waals surface area contributed by atoms with Gasteiger partial charge in [-0.05, 0) is 63.3 Å². The molecule has 5 rings (SSSR count). The highest BCUT2D eigenvalue weighted by Crippen LogP contribution is 2.42. The number of hydrogen-bond acceptors (Lipinski definition) is 7. The molecule has 0 aliphatic carbocycles. The van der Waals surface area contributed by atoms with Gasteiger partial charge >= 0.3 is 5.97 Å². The van der Waals surface area contributed by atoms with E-state index in [4.69, 9.17) is 4.74 Å². The Bertz CT molecular complexity index is 1520. The van der Waals surface area contributed by atoms with Gasteiger partial charge in [0.25, 0.3) is 5.56 Å². The molecular weight excluding hydrogens is 436 g/mol. The first kappa shape index (κ1) is 21.2. The number of fused-ring (bicyclic) bond motifs is 4. The molecule has 7 nitrogen and oxygen atoms in total. The number of carbonyl (C=O) groups excluding carboxylic acids is 1. The summed E-state index contributed by atoms with van der Waals surface area (Å²) < 4.78 is 7.48. The molecule has 0 amide bonds. The van der Waals surface area contributed by atoms with E-state index in [2.05, 4.69) is 28.6 Å². The number of thiazole rings is 1. The molecule has 0 spiro atoms. The summed E-state index contributed by atoms with van der Waals surface area (Å²) in [6.07, 6.45) is 3.85. The zero-order valence-electron chi connectivity index (χ0n) is 18.7. The molecule has 0 saturated carbocycles. The molecule has 2 aromatic heterocycles. The van der Waals surface area contributed by atoms with E-state index in [1.165, 1.54) is 11.3 Å². The fourth-order valence-electron chi connectivity index (χ4n) is 4.32.